The molecule has 0 saturated heterocycles. The third kappa shape index (κ3) is 3.29. The van der Waals surface area contributed by atoms with Crippen LogP contribution in [0, 0.1) is 0 Å². The van der Waals surface area contributed by atoms with E-state index in [-0.39, 0.29) is 6.61 Å². The predicted molar refractivity (Wildman–Crippen MR) is 124 cm³/mol. The van der Waals surface area contributed by atoms with Crippen LogP contribution in [0.25, 0.3) is 16.7 Å². The monoisotopic (exact) mass is 416 g/mol. The molecule has 5 rings (SSSR count). The quantitative estimate of drug-likeness (QED) is 0.555. The minimum atomic E-state index is 0.0372. The molecular weight excluding hydrogens is 392 g/mol. The molecule has 0 fully saturated rings. The standard InChI is InChI=1S/C25H24N2O2S/c1-3-17(14-28)18-9-10-19-15-29-24-13-23-25(12-22(24)21(19)11-18)30-26(2)16-27(23)20-7-5-4-6-8-20/h3-13,28H,14-16H2,1-2H3/b17-3+. The van der Waals surface area contributed by atoms with Gasteiger partial charge in [-0.3, -0.25) is 0 Å². The second-order valence-corrected chi connectivity index (χ2v) is 8.82. The molecule has 4 nitrogen and oxygen atoms in total. The van der Waals surface area contributed by atoms with Crippen molar-refractivity contribution in [2.45, 2.75) is 18.4 Å². The lowest BCUT2D eigenvalue weighted by Crippen LogP contribution is -2.32. The van der Waals surface area contributed by atoms with Crippen LogP contribution in [0.4, 0.5) is 11.4 Å². The molecule has 30 heavy (non-hydrogen) atoms. The molecule has 2 aliphatic rings. The van der Waals surface area contributed by atoms with Crippen molar-refractivity contribution >= 4 is 28.9 Å². The average molecular weight is 417 g/mol. The van der Waals surface area contributed by atoms with Gasteiger partial charge in [0.05, 0.1) is 19.0 Å². The summed E-state index contributed by atoms with van der Waals surface area (Å²) in [4.78, 5) is 3.53. The highest BCUT2D eigenvalue weighted by atomic mass is 32.2. The number of rotatable bonds is 3. The predicted octanol–water partition coefficient (Wildman–Crippen LogP) is 5.69. The van der Waals surface area contributed by atoms with Crippen molar-refractivity contribution in [1.29, 1.82) is 0 Å². The third-order valence-corrected chi connectivity index (χ3v) is 6.64. The van der Waals surface area contributed by atoms with E-state index in [4.69, 9.17) is 4.74 Å². The van der Waals surface area contributed by atoms with E-state index in [2.05, 4.69) is 70.9 Å². The molecule has 2 aliphatic heterocycles. The molecule has 2 heterocycles. The average Bonchev–Trinajstić information content (AvgIpc) is 2.78. The van der Waals surface area contributed by atoms with Gasteiger partial charge in [0.15, 0.2) is 0 Å². The summed E-state index contributed by atoms with van der Waals surface area (Å²) >= 11 is 1.76. The Hall–Kier alpha value is -2.73. The Bertz CT molecular complexity index is 1130. The summed E-state index contributed by atoms with van der Waals surface area (Å²) in [6.07, 6.45) is 1.97. The number of aliphatic hydroxyl groups is 1. The van der Waals surface area contributed by atoms with Crippen molar-refractivity contribution in [3.63, 3.8) is 0 Å². The molecule has 0 aromatic heterocycles. The topological polar surface area (TPSA) is 35.9 Å². The lowest BCUT2D eigenvalue weighted by Gasteiger charge is -2.37. The fourth-order valence-electron chi connectivity index (χ4n) is 4.12. The number of benzene rings is 3. The first kappa shape index (κ1) is 19.2. The molecule has 0 radical (unpaired) electrons. The summed E-state index contributed by atoms with van der Waals surface area (Å²) in [5.41, 5.74) is 7.81. The van der Waals surface area contributed by atoms with Gasteiger partial charge >= 0.3 is 0 Å². The van der Waals surface area contributed by atoms with E-state index in [0.29, 0.717) is 6.61 Å². The lowest BCUT2D eigenvalue weighted by molar-refractivity contribution is 0.302. The smallest absolute Gasteiger partial charge is 0.129 e. The van der Waals surface area contributed by atoms with Crippen molar-refractivity contribution in [3.8, 4) is 16.9 Å². The van der Waals surface area contributed by atoms with Crippen LogP contribution in [0.3, 0.4) is 0 Å². The number of anilines is 2. The van der Waals surface area contributed by atoms with Gasteiger partial charge < -0.3 is 14.7 Å². The lowest BCUT2D eigenvalue weighted by atomic mass is 9.92. The minimum absolute atomic E-state index is 0.0372. The SMILES string of the molecule is C/C=C(\CO)c1ccc2c(c1)-c1cc3c(cc1OC2)N(c1ccccc1)CN(C)S3. The molecule has 0 atom stereocenters. The molecule has 3 aromatic carbocycles. The second-order valence-electron chi connectivity index (χ2n) is 7.57. The van der Waals surface area contributed by atoms with Crippen LogP contribution in [-0.4, -0.2) is 29.7 Å². The number of hydrogen-bond donors (Lipinski definition) is 1. The first-order chi connectivity index (χ1) is 14.7. The molecule has 0 bridgehead atoms. The molecular formula is C25H24N2O2S. The Labute approximate surface area is 181 Å². The summed E-state index contributed by atoms with van der Waals surface area (Å²) in [5, 5.41) is 9.70. The van der Waals surface area contributed by atoms with E-state index in [0.717, 1.165) is 29.1 Å². The van der Waals surface area contributed by atoms with Gasteiger partial charge in [0, 0.05) is 22.2 Å². The first-order valence-corrected chi connectivity index (χ1v) is 10.9. The zero-order valence-corrected chi connectivity index (χ0v) is 17.9. The van der Waals surface area contributed by atoms with Crippen molar-refractivity contribution in [2.24, 2.45) is 0 Å². The highest BCUT2D eigenvalue weighted by molar-refractivity contribution is 7.97. The normalized spacial score (nSPS) is 15.8. The van der Waals surface area contributed by atoms with E-state index in [1.807, 2.05) is 19.1 Å². The van der Waals surface area contributed by atoms with Gasteiger partial charge in [0.1, 0.15) is 12.4 Å². The molecule has 0 spiro atoms. The summed E-state index contributed by atoms with van der Waals surface area (Å²) in [5.74, 6) is 0.913. The Morgan fingerprint density at radius 2 is 1.93 bits per heavy atom. The van der Waals surface area contributed by atoms with Gasteiger partial charge in [-0.25, -0.2) is 4.31 Å². The third-order valence-electron chi connectivity index (χ3n) is 5.69. The van der Waals surface area contributed by atoms with Crippen LogP contribution in [-0.2, 0) is 6.61 Å². The maximum absolute atomic E-state index is 9.70. The summed E-state index contributed by atoms with van der Waals surface area (Å²) in [6.45, 7) is 3.37. The van der Waals surface area contributed by atoms with Crippen LogP contribution in [0.1, 0.15) is 18.1 Å². The van der Waals surface area contributed by atoms with E-state index in [1.165, 1.54) is 27.4 Å². The molecule has 0 amide bonds. The Balaban J connectivity index is 1.64. The van der Waals surface area contributed by atoms with Crippen LogP contribution < -0.4 is 9.64 Å². The first-order valence-electron chi connectivity index (χ1n) is 10.1. The van der Waals surface area contributed by atoms with Gasteiger partial charge in [0.25, 0.3) is 0 Å². The Kier molecular flexibility index (Phi) is 5.03. The molecule has 0 unspecified atom stereocenters. The minimum Gasteiger partial charge on any atom is -0.488 e. The molecule has 5 heteroatoms. The van der Waals surface area contributed by atoms with Crippen molar-refractivity contribution < 1.29 is 9.84 Å². The van der Waals surface area contributed by atoms with Crippen molar-refractivity contribution in [1.82, 2.24) is 4.31 Å². The molecule has 1 N–H and O–H groups in total. The zero-order chi connectivity index (χ0) is 20.7. The van der Waals surface area contributed by atoms with Crippen LogP contribution in [0.2, 0.25) is 0 Å². The molecule has 0 saturated carbocycles. The summed E-state index contributed by atoms with van der Waals surface area (Å²) in [7, 11) is 2.12. The van der Waals surface area contributed by atoms with Crippen LogP contribution >= 0.6 is 11.9 Å². The zero-order valence-electron chi connectivity index (χ0n) is 17.1. The fourth-order valence-corrected chi connectivity index (χ4v) is 5.06. The van der Waals surface area contributed by atoms with E-state index in [9.17, 15) is 5.11 Å². The molecule has 0 aliphatic carbocycles. The Morgan fingerprint density at radius 3 is 2.70 bits per heavy atom. The highest BCUT2D eigenvalue weighted by Gasteiger charge is 2.27. The van der Waals surface area contributed by atoms with Crippen molar-refractivity contribution in [3.05, 3.63) is 77.9 Å². The van der Waals surface area contributed by atoms with Gasteiger partial charge in [-0.2, -0.15) is 0 Å². The number of allylic oxidation sites excluding steroid dienone is 1. The fraction of sp³-hybridized carbons (Fsp3) is 0.200. The van der Waals surface area contributed by atoms with E-state index < -0.39 is 0 Å². The van der Waals surface area contributed by atoms with E-state index in [1.54, 1.807) is 11.9 Å². The summed E-state index contributed by atoms with van der Waals surface area (Å²) in [6, 6.07) is 21.3. The second kappa shape index (κ2) is 7.84. The number of nitrogens with zero attached hydrogens (tertiary/aromatic N) is 2. The number of para-hydroxylation sites is 1. The van der Waals surface area contributed by atoms with Gasteiger partial charge in [-0.1, -0.05) is 36.4 Å². The Morgan fingerprint density at radius 1 is 1.10 bits per heavy atom. The van der Waals surface area contributed by atoms with Crippen LogP contribution in [0.5, 0.6) is 5.75 Å². The van der Waals surface area contributed by atoms with Gasteiger partial charge in [0.2, 0.25) is 0 Å². The largest absolute Gasteiger partial charge is 0.488 e. The van der Waals surface area contributed by atoms with Gasteiger partial charge in [-0.15, -0.1) is 0 Å². The van der Waals surface area contributed by atoms with Crippen molar-refractivity contribution in [2.75, 3.05) is 25.2 Å². The molecule has 152 valence electrons. The highest BCUT2D eigenvalue weighted by Crippen LogP contribution is 2.48. The maximum Gasteiger partial charge on any atom is 0.129 e. The number of aliphatic hydroxyl groups excluding tert-OH is 1. The van der Waals surface area contributed by atoms with Crippen LogP contribution in [0.15, 0.2) is 71.6 Å². The number of fused-ring (bicyclic) bond motifs is 4. The molecule has 3 aromatic rings. The number of hydrogen-bond acceptors (Lipinski definition) is 5. The maximum atomic E-state index is 9.70. The summed E-state index contributed by atoms with van der Waals surface area (Å²) < 4.78 is 8.41. The number of ether oxygens (including phenoxy) is 1. The van der Waals surface area contributed by atoms with E-state index >= 15 is 0 Å². The van der Waals surface area contributed by atoms with Gasteiger partial charge in [-0.05, 0) is 72.4 Å².